The molecule has 0 bridgehead atoms. The van der Waals surface area contributed by atoms with Crippen LogP contribution >= 0.6 is 0 Å². The van der Waals surface area contributed by atoms with E-state index in [1.807, 2.05) is 0 Å². The van der Waals surface area contributed by atoms with Gasteiger partial charge in [-0.1, -0.05) is 0 Å². The van der Waals surface area contributed by atoms with Gasteiger partial charge in [0.1, 0.15) is 171 Å². The molecule has 22 N–H and O–H groups in total. The zero-order valence-electron chi connectivity index (χ0n) is 41.3. The Morgan fingerprint density at radius 3 is 0.795 bits per heavy atom. The van der Waals surface area contributed by atoms with Gasteiger partial charge in [-0.25, -0.2) is 0 Å². The summed E-state index contributed by atoms with van der Waals surface area (Å²) in [6.45, 7) is -5.25. The van der Waals surface area contributed by atoms with Gasteiger partial charge in [0.2, 0.25) is 0 Å². The summed E-state index contributed by atoms with van der Waals surface area (Å²) in [4.78, 5) is 0. The standard InChI is InChI=1S/C43H74O35/c1-9-17(50)33(20(53)12(4-46)67-9)74-40-30(63)35(22(55)14(6-48)70-40)76-41-31(64)36(23(56)15(7-49)71-41)77-43-32(65)37(24(57)16(73-43)8-66-38-27(60)25(58)18(51)10(2-44)68-38)78-42-29(62)34(21(54)13(5-47)72-42)75-39-28(61)26(59)19(52)11(3-45)69-39/h9-65H,2-8H2,1H3. The van der Waals surface area contributed by atoms with E-state index in [1.165, 1.54) is 6.92 Å². The predicted octanol–water partition coefficient (Wildman–Crippen LogP) is -15.2. The van der Waals surface area contributed by atoms with Gasteiger partial charge >= 0.3 is 0 Å². The summed E-state index contributed by atoms with van der Waals surface area (Å²) in [7, 11) is 0. The molecule has 7 fully saturated rings. The molecule has 35 heteroatoms. The maximum atomic E-state index is 11.9. The van der Waals surface area contributed by atoms with E-state index >= 15 is 0 Å². The molecule has 35 unspecified atom stereocenters. The number of rotatable bonds is 19. The van der Waals surface area contributed by atoms with Gasteiger partial charge in [0, 0.05) is 0 Å². The van der Waals surface area contributed by atoms with Crippen LogP contribution in [0.2, 0.25) is 0 Å². The van der Waals surface area contributed by atoms with Crippen molar-refractivity contribution in [2.45, 2.75) is 222 Å². The molecule has 7 saturated heterocycles. The smallest absolute Gasteiger partial charge is 0.187 e. The van der Waals surface area contributed by atoms with Crippen LogP contribution in [0.4, 0.5) is 0 Å². The third kappa shape index (κ3) is 13.1. The van der Waals surface area contributed by atoms with E-state index in [9.17, 15) is 112 Å². The van der Waals surface area contributed by atoms with Crippen molar-refractivity contribution in [1.29, 1.82) is 0 Å². The first-order valence-electron chi connectivity index (χ1n) is 25.0. The molecule has 0 radical (unpaired) electrons. The monoisotopic (exact) mass is 1150 g/mol. The number of hydrogen-bond donors (Lipinski definition) is 22. The third-order valence-corrected chi connectivity index (χ3v) is 14.8. The van der Waals surface area contributed by atoms with Crippen molar-refractivity contribution in [3.63, 3.8) is 0 Å². The second-order valence-electron chi connectivity index (χ2n) is 19.9. The third-order valence-electron chi connectivity index (χ3n) is 14.8. The lowest BCUT2D eigenvalue weighted by atomic mass is 9.94. The first-order chi connectivity index (χ1) is 37.0. The average molecular weight is 1150 g/mol. The van der Waals surface area contributed by atoms with Crippen LogP contribution in [-0.2, 0) is 61.6 Å². The van der Waals surface area contributed by atoms with Gasteiger partial charge < -0.3 is 174 Å². The molecule has 78 heavy (non-hydrogen) atoms. The maximum absolute atomic E-state index is 11.9. The highest BCUT2D eigenvalue weighted by molar-refractivity contribution is 5.01. The first kappa shape index (κ1) is 64.2. The van der Waals surface area contributed by atoms with Crippen LogP contribution in [0.25, 0.3) is 0 Å². The Morgan fingerprint density at radius 2 is 0.474 bits per heavy atom. The van der Waals surface area contributed by atoms with Gasteiger partial charge in [0.15, 0.2) is 37.7 Å². The lowest BCUT2D eigenvalue weighted by molar-refractivity contribution is -0.399. The molecular formula is C43H74O35. The number of aliphatic hydroxyl groups is 22. The van der Waals surface area contributed by atoms with Crippen LogP contribution in [0.3, 0.4) is 0 Å². The molecule has 0 spiro atoms. The number of aliphatic hydroxyl groups excluding tert-OH is 22. The van der Waals surface area contributed by atoms with Gasteiger partial charge in [0.25, 0.3) is 0 Å². The highest BCUT2D eigenvalue weighted by Crippen LogP contribution is 2.37. The minimum Gasteiger partial charge on any atom is -0.394 e. The molecule has 0 amide bonds. The Kier molecular flexibility index (Phi) is 22.7. The SMILES string of the molecule is CC1OC(CO)C(O)C(OC2OC(CO)C(O)C(OC3OC(CO)C(O)C(OC4OC(COC5OC(CO)C(O)C(O)C5O)C(O)C(OC5OC(CO)C(O)C(OC6OC(CO)C(O)C(O)C6O)C5O)C4O)C3O)C2O)C1O. The summed E-state index contributed by atoms with van der Waals surface area (Å²) in [5.74, 6) is 0. The first-order valence-corrected chi connectivity index (χ1v) is 25.0. The van der Waals surface area contributed by atoms with Crippen molar-refractivity contribution in [2.75, 3.05) is 46.2 Å². The fourth-order valence-corrected chi connectivity index (χ4v) is 10.1. The molecule has 7 aliphatic heterocycles. The molecule has 0 aromatic heterocycles. The van der Waals surface area contributed by atoms with Crippen LogP contribution in [0, 0.1) is 0 Å². The zero-order chi connectivity index (χ0) is 57.3. The van der Waals surface area contributed by atoms with E-state index in [1.54, 1.807) is 0 Å². The molecule has 0 saturated carbocycles. The van der Waals surface area contributed by atoms with Gasteiger partial charge in [0.05, 0.1) is 52.4 Å². The van der Waals surface area contributed by atoms with Crippen LogP contribution in [-0.4, -0.2) is 373 Å². The van der Waals surface area contributed by atoms with Crippen molar-refractivity contribution in [3.8, 4) is 0 Å². The van der Waals surface area contributed by atoms with Gasteiger partial charge in [-0.2, -0.15) is 0 Å². The molecule has 35 atom stereocenters. The Bertz CT molecular complexity index is 1810. The molecule has 7 rings (SSSR count). The predicted molar refractivity (Wildman–Crippen MR) is 235 cm³/mol. The molecule has 35 nitrogen and oxygen atoms in total. The lowest BCUT2D eigenvalue weighted by Crippen LogP contribution is -2.68. The highest BCUT2D eigenvalue weighted by atomic mass is 16.8. The van der Waals surface area contributed by atoms with Crippen molar-refractivity contribution < 1.29 is 174 Å². The summed E-state index contributed by atoms with van der Waals surface area (Å²) in [5.41, 5.74) is 0. The second-order valence-corrected chi connectivity index (χ2v) is 19.9. The van der Waals surface area contributed by atoms with Crippen molar-refractivity contribution in [2.24, 2.45) is 0 Å². The van der Waals surface area contributed by atoms with Crippen molar-refractivity contribution in [3.05, 3.63) is 0 Å². The van der Waals surface area contributed by atoms with E-state index in [-0.39, 0.29) is 0 Å². The Balaban J connectivity index is 1.14. The Hall–Kier alpha value is -1.40. The van der Waals surface area contributed by atoms with E-state index in [0.29, 0.717) is 0 Å². The lowest BCUT2D eigenvalue weighted by Gasteiger charge is -2.50. The van der Waals surface area contributed by atoms with Crippen LogP contribution in [0.15, 0.2) is 0 Å². The fraction of sp³-hybridized carbons (Fsp3) is 1.00. The molecule has 0 aromatic rings. The second kappa shape index (κ2) is 27.5. The number of ether oxygens (including phenoxy) is 13. The average Bonchev–Trinajstić information content (AvgIpc) is 3.42. The maximum Gasteiger partial charge on any atom is 0.187 e. The summed E-state index contributed by atoms with van der Waals surface area (Å²) >= 11 is 0. The summed E-state index contributed by atoms with van der Waals surface area (Å²) in [5, 5.41) is 236. The largest absolute Gasteiger partial charge is 0.394 e. The molecule has 456 valence electrons. The minimum atomic E-state index is -2.39. The molecular weight excluding hydrogens is 1080 g/mol. The minimum absolute atomic E-state index is 0.733. The molecule has 0 aliphatic carbocycles. The van der Waals surface area contributed by atoms with Gasteiger partial charge in [-0.05, 0) is 6.92 Å². The van der Waals surface area contributed by atoms with Gasteiger partial charge in [-0.15, -0.1) is 0 Å². The Labute approximate surface area is 441 Å². The fourth-order valence-electron chi connectivity index (χ4n) is 10.1. The topological polar surface area (TPSA) is 565 Å². The van der Waals surface area contributed by atoms with Crippen LogP contribution in [0.1, 0.15) is 6.92 Å². The summed E-state index contributed by atoms with van der Waals surface area (Å²) in [6.07, 6.45) is -67.7. The summed E-state index contributed by atoms with van der Waals surface area (Å²) in [6, 6.07) is 0. The van der Waals surface area contributed by atoms with Crippen LogP contribution in [0.5, 0.6) is 0 Å². The highest BCUT2D eigenvalue weighted by Gasteiger charge is 2.58. The normalized spacial score (nSPS) is 53.5. The van der Waals surface area contributed by atoms with E-state index in [4.69, 9.17) is 61.6 Å². The summed E-state index contributed by atoms with van der Waals surface area (Å²) < 4.78 is 73.2. The number of hydrogen-bond acceptors (Lipinski definition) is 35. The van der Waals surface area contributed by atoms with Crippen molar-refractivity contribution in [1.82, 2.24) is 0 Å². The zero-order valence-corrected chi connectivity index (χ0v) is 41.3. The molecule has 0 aromatic carbocycles. The quantitative estimate of drug-likeness (QED) is 0.0571. The van der Waals surface area contributed by atoms with Crippen LogP contribution < -0.4 is 0 Å². The van der Waals surface area contributed by atoms with Crippen molar-refractivity contribution >= 4 is 0 Å². The van der Waals surface area contributed by atoms with E-state index in [2.05, 4.69) is 0 Å². The van der Waals surface area contributed by atoms with E-state index in [0.717, 1.165) is 0 Å². The van der Waals surface area contributed by atoms with Gasteiger partial charge in [-0.3, -0.25) is 0 Å². The van der Waals surface area contributed by atoms with E-state index < -0.39 is 261 Å². The molecule has 7 aliphatic rings. The molecule has 7 heterocycles. The Morgan fingerprint density at radius 1 is 0.244 bits per heavy atom.